The van der Waals surface area contributed by atoms with Gasteiger partial charge in [-0.15, -0.1) is 0 Å². The zero-order valence-electron chi connectivity index (χ0n) is 19.4. The number of carbonyl (C=O) groups excluding carboxylic acids is 2. The van der Waals surface area contributed by atoms with E-state index in [2.05, 4.69) is 32.0 Å². The number of anilines is 1. The van der Waals surface area contributed by atoms with Crippen LogP contribution in [0.15, 0.2) is 11.2 Å². The van der Waals surface area contributed by atoms with Gasteiger partial charge in [-0.25, -0.2) is 14.8 Å². The van der Waals surface area contributed by atoms with Crippen molar-refractivity contribution in [2.75, 3.05) is 63.0 Å². The molecule has 2 fully saturated rings. The fourth-order valence-corrected chi connectivity index (χ4v) is 4.92. The van der Waals surface area contributed by atoms with Crippen LogP contribution in [0.4, 0.5) is 10.6 Å². The van der Waals surface area contributed by atoms with E-state index in [0.717, 1.165) is 38.5 Å². The summed E-state index contributed by atoms with van der Waals surface area (Å²) in [4.78, 5) is 42.2. The molecule has 32 heavy (non-hydrogen) atoms. The zero-order valence-corrected chi connectivity index (χ0v) is 21.0. The van der Waals surface area contributed by atoms with Crippen LogP contribution >= 0.6 is 23.4 Å². The first-order chi connectivity index (χ1) is 15.3. The lowest BCUT2D eigenvalue weighted by Gasteiger charge is -2.40. The number of thioether (sulfide) groups is 1. The highest BCUT2D eigenvalue weighted by molar-refractivity contribution is 7.99. The molecule has 1 atom stereocenters. The molecule has 0 aromatic carbocycles. The number of amides is 3. The third-order valence-electron chi connectivity index (χ3n) is 5.78. The number of urea groups is 1. The fourth-order valence-electron chi connectivity index (χ4n) is 3.94. The van der Waals surface area contributed by atoms with Gasteiger partial charge in [-0.2, -0.15) is 0 Å². The number of nitrogens with zero attached hydrogens (tertiary/aromatic N) is 6. The van der Waals surface area contributed by atoms with Gasteiger partial charge in [0.05, 0.1) is 5.75 Å². The quantitative estimate of drug-likeness (QED) is 0.376. The van der Waals surface area contributed by atoms with Crippen LogP contribution in [0.25, 0.3) is 0 Å². The Morgan fingerprint density at radius 3 is 2.53 bits per heavy atom. The highest BCUT2D eigenvalue weighted by atomic mass is 35.5. The molecular formula is C21H34ClN7O2S. The molecule has 1 N–H and O–H groups in total. The molecule has 1 aromatic heterocycles. The number of hydrogen-bond acceptors (Lipinski definition) is 7. The van der Waals surface area contributed by atoms with Gasteiger partial charge in [0.25, 0.3) is 0 Å². The fraction of sp³-hybridized carbons (Fsp3) is 0.714. The molecule has 11 heteroatoms. The maximum Gasteiger partial charge on any atom is 0.317 e. The molecule has 2 aliphatic rings. The SMILES string of the molecule is CCN1CCN(C(=O)CSc2nc(Cl)cc(N3CCN(C(=O)NC(C)C)C(C)C3)n2)CC1. The summed E-state index contributed by atoms with van der Waals surface area (Å²) in [6.07, 6.45) is 0. The van der Waals surface area contributed by atoms with E-state index in [1.807, 2.05) is 30.6 Å². The summed E-state index contributed by atoms with van der Waals surface area (Å²) >= 11 is 7.59. The first kappa shape index (κ1) is 24.9. The summed E-state index contributed by atoms with van der Waals surface area (Å²) in [6, 6.07) is 1.85. The summed E-state index contributed by atoms with van der Waals surface area (Å²) in [5, 5.41) is 3.81. The lowest BCUT2D eigenvalue weighted by atomic mass is 10.2. The molecule has 3 amide bonds. The standard InChI is InChI=1S/C21H34ClN7O2S/c1-5-26-6-8-27(9-7-26)19(30)14-32-20-24-17(22)12-18(25-20)28-10-11-29(16(4)13-28)21(31)23-15(2)3/h12,15-16H,5-11,13-14H2,1-4H3,(H,23,31). The normalized spacial score (nSPS) is 20.1. The zero-order chi connectivity index (χ0) is 23.3. The number of rotatable bonds is 6. The highest BCUT2D eigenvalue weighted by Gasteiger charge is 2.29. The molecule has 3 heterocycles. The van der Waals surface area contributed by atoms with Crippen molar-refractivity contribution < 1.29 is 9.59 Å². The van der Waals surface area contributed by atoms with Crippen LogP contribution < -0.4 is 10.2 Å². The molecule has 0 spiro atoms. The number of hydrogen-bond donors (Lipinski definition) is 1. The predicted molar refractivity (Wildman–Crippen MR) is 129 cm³/mol. The Labute approximate surface area is 199 Å². The first-order valence-electron chi connectivity index (χ1n) is 11.3. The van der Waals surface area contributed by atoms with Crippen molar-refractivity contribution in [3.8, 4) is 0 Å². The van der Waals surface area contributed by atoms with Crippen molar-refractivity contribution in [3.63, 3.8) is 0 Å². The second-order valence-corrected chi connectivity index (χ2v) is 9.86. The van der Waals surface area contributed by atoms with E-state index in [-0.39, 0.29) is 24.0 Å². The molecule has 2 saturated heterocycles. The van der Waals surface area contributed by atoms with Crippen LogP contribution in [-0.2, 0) is 4.79 Å². The Balaban J connectivity index is 1.57. The van der Waals surface area contributed by atoms with Crippen LogP contribution in [-0.4, -0.2) is 107 Å². The molecule has 0 aliphatic carbocycles. The van der Waals surface area contributed by atoms with Crippen molar-refractivity contribution >= 4 is 41.1 Å². The van der Waals surface area contributed by atoms with Crippen molar-refractivity contribution in [2.24, 2.45) is 0 Å². The molecule has 0 radical (unpaired) electrons. The van der Waals surface area contributed by atoms with Gasteiger partial charge >= 0.3 is 6.03 Å². The summed E-state index contributed by atoms with van der Waals surface area (Å²) in [7, 11) is 0. The monoisotopic (exact) mass is 483 g/mol. The smallest absolute Gasteiger partial charge is 0.317 e. The van der Waals surface area contributed by atoms with Crippen LogP contribution in [0, 0.1) is 0 Å². The topological polar surface area (TPSA) is 84.9 Å². The number of piperazine rings is 2. The predicted octanol–water partition coefficient (Wildman–Crippen LogP) is 2.01. The Morgan fingerprint density at radius 2 is 1.91 bits per heavy atom. The molecule has 3 rings (SSSR count). The average molecular weight is 484 g/mol. The molecule has 178 valence electrons. The van der Waals surface area contributed by atoms with Crippen molar-refractivity contribution in [2.45, 2.75) is 44.9 Å². The highest BCUT2D eigenvalue weighted by Crippen LogP contribution is 2.24. The molecule has 0 bridgehead atoms. The van der Waals surface area contributed by atoms with Crippen LogP contribution in [0.5, 0.6) is 0 Å². The van der Waals surface area contributed by atoms with Crippen molar-refractivity contribution in [1.29, 1.82) is 0 Å². The number of likely N-dealkylation sites (N-methyl/N-ethyl adjacent to an activating group) is 1. The molecule has 0 saturated carbocycles. The third kappa shape index (κ3) is 6.62. The third-order valence-corrected chi connectivity index (χ3v) is 6.81. The summed E-state index contributed by atoms with van der Waals surface area (Å²) in [5.41, 5.74) is 0. The van der Waals surface area contributed by atoms with E-state index in [4.69, 9.17) is 11.6 Å². The Bertz CT molecular complexity index is 804. The van der Waals surface area contributed by atoms with Gasteiger partial charge in [0.1, 0.15) is 11.0 Å². The number of nitrogens with one attached hydrogen (secondary N) is 1. The maximum atomic E-state index is 12.6. The summed E-state index contributed by atoms with van der Waals surface area (Å²) in [5.74, 6) is 1.13. The second kappa shape index (κ2) is 11.4. The van der Waals surface area contributed by atoms with Crippen molar-refractivity contribution in [3.05, 3.63) is 11.2 Å². The molecule has 9 nitrogen and oxygen atoms in total. The van der Waals surface area contributed by atoms with E-state index >= 15 is 0 Å². The molecule has 1 aromatic rings. The average Bonchev–Trinajstić information content (AvgIpc) is 2.76. The van der Waals surface area contributed by atoms with Gasteiger partial charge in [-0.05, 0) is 27.3 Å². The van der Waals surface area contributed by atoms with Gasteiger partial charge in [0.15, 0.2) is 5.16 Å². The minimum absolute atomic E-state index is 0.0377. The van der Waals surface area contributed by atoms with Gasteiger partial charge in [0, 0.05) is 64.0 Å². The van der Waals surface area contributed by atoms with E-state index in [9.17, 15) is 9.59 Å². The largest absolute Gasteiger partial charge is 0.353 e. The van der Waals surface area contributed by atoms with E-state index in [1.54, 1.807) is 6.07 Å². The molecular weight excluding hydrogens is 450 g/mol. The van der Waals surface area contributed by atoms with E-state index in [0.29, 0.717) is 35.7 Å². The maximum absolute atomic E-state index is 12.6. The minimum atomic E-state index is -0.0394. The van der Waals surface area contributed by atoms with Gasteiger partial charge in [-0.1, -0.05) is 30.3 Å². The van der Waals surface area contributed by atoms with Crippen LogP contribution in [0.3, 0.4) is 0 Å². The first-order valence-corrected chi connectivity index (χ1v) is 12.6. The van der Waals surface area contributed by atoms with Crippen LogP contribution in [0.1, 0.15) is 27.7 Å². The van der Waals surface area contributed by atoms with E-state index < -0.39 is 0 Å². The van der Waals surface area contributed by atoms with Crippen molar-refractivity contribution in [1.82, 2.24) is 30.0 Å². The lowest BCUT2D eigenvalue weighted by Crippen LogP contribution is -2.57. The lowest BCUT2D eigenvalue weighted by molar-refractivity contribution is -0.130. The van der Waals surface area contributed by atoms with Gasteiger partial charge in [0.2, 0.25) is 5.91 Å². The Hall–Kier alpha value is -1.78. The summed E-state index contributed by atoms with van der Waals surface area (Å²) < 4.78 is 0. The molecule has 2 aliphatic heterocycles. The number of aromatic nitrogens is 2. The summed E-state index contributed by atoms with van der Waals surface area (Å²) in [6.45, 7) is 14.4. The number of halogens is 1. The Kier molecular flexibility index (Phi) is 8.84. The van der Waals surface area contributed by atoms with Gasteiger partial charge in [-0.3, -0.25) is 4.79 Å². The van der Waals surface area contributed by atoms with E-state index in [1.165, 1.54) is 11.8 Å². The molecule has 1 unspecified atom stereocenters. The second-order valence-electron chi connectivity index (χ2n) is 8.53. The van der Waals surface area contributed by atoms with Crippen LogP contribution in [0.2, 0.25) is 5.15 Å². The Morgan fingerprint density at radius 1 is 1.19 bits per heavy atom. The number of carbonyl (C=O) groups is 2. The minimum Gasteiger partial charge on any atom is -0.353 e. The van der Waals surface area contributed by atoms with Gasteiger partial charge < -0.3 is 24.9 Å².